The zero-order valence-electron chi connectivity index (χ0n) is 15.6. The summed E-state index contributed by atoms with van der Waals surface area (Å²) < 4.78 is 1.19. The lowest BCUT2D eigenvalue weighted by molar-refractivity contribution is -0.885. The van der Waals surface area contributed by atoms with E-state index in [9.17, 15) is 4.79 Å². The topological polar surface area (TPSA) is 46.4 Å². The average molecular weight is 409 g/mol. The summed E-state index contributed by atoms with van der Waals surface area (Å²) >= 11 is 3.36. The lowest BCUT2D eigenvalue weighted by Gasteiger charge is -2.19. The number of nitrogens with one attached hydrogen (secondary N) is 2. The Morgan fingerprint density at radius 1 is 1.07 bits per heavy atom. The van der Waals surface area contributed by atoms with Gasteiger partial charge < -0.3 is 10.2 Å². The Morgan fingerprint density at radius 2 is 1.86 bits per heavy atom. The molecule has 0 aliphatic rings. The Morgan fingerprint density at radius 3 is 2.61 bits per heavy atom. The number of benzene rings is 2. The van der Waals surface area contributed by atoms with Gasteiger partial charge in [0.2, 0.25) is 0 Å². The van der Waals surface area contributed by atoms with Gasteiger partial charge in [0.15, 0.2) is 6.54 Å². The average Bonchev–Trinajstić information content (AvgIpc) is 3.36. The molecule has 1 amide bonds. The highest BCUT2D eigenvalue weighted by Gasteiger charge is 2.20. The van der Waals surface area contributed by atoms with Crippen molar-refractivity contribution in [3.8, 4) is 0 Å². The number of nitrogens with zero attached hydrogens (tertiary/aromatic N) is 1. The molecule has 0 fully saturated rings. The highest BCUT2D eigenvalue weighted by molar-refractivity contribution is 7.18. The molecule has 2 aromatic heterocycles. The number of hydrogen-bond acceptors (Lipinski definition) is 4. The van der Waals surface area contributed by atoms with Crippen LogP contribution in [-0.4, -0.2) is 24.5 Å². The second-order valence-corrected chi connectivity index (χ2v) is 8.91. The Balaban J connectivity index is 1.41. The molecule has 0 aliphatic carbocycles. The van der Waals surface area contributed by atoms with Gasteiger partial charge in [-0.15, -0.1) is 22.7 Å². The predicted octanol–water partition coefficient (Wildman–Crippen LogP) is 3.28. The fourth-order valence-corrected chi connectivity index (χ4v) is 5.11. The van der Waals surface area contributed by atoms with E-state index >= 15 is 0 Å². The van der Waals surface area contributed by atoms with Gasteiger partial charge >= 0.3 is 0 Å². The molecule has 4 rings (SSSR count). The van der Waals surface area contributed by atoms with Crippen LogP contribution < -0.4 is 10.2 Å². The third-order valence-electron chi connectivity index (χ3n) is 4.52. The largest absolute Gasteiger partial charge is 0.339 e. The zero-order chi connectivity index (χ0) is 19.3. The van der Waals surface area contributed by atoms with Crippen LogP contribution in [0.15, 0.2) is 72.1 Å². The van der Waals surface area contributed by atoms with Crippen molar-refractivity contribution in [2.24, 2.45) is 0 Å². The molecule has 0 saturated carbocycles. The first-order valence-electron chi connectivity index (χ1n) is 9.22. The highest BCUT2D eigenvalue weighted by atomic mass is 32.1. The number of quaternary nitrogens is 1. The minimum atomic E-state index is -0.107. The summed E-state index contributed by atoms with van der Waals surface area (Å²) in [7, 11) is 2.04. The molecule has 1 unspecified atom stereocenters. The second kappa shape index (κ2) is 8.65. The lowest BCUT2D eigenvalue weighted by Crippen LogP contribution is -3.08. The van der Waals surface area contributed by atoms with Crippen molar-refractivity contribution in [2.75, 3.05) is 13.6 Å². The van der Waals surface area contributed by atoms with Crippen molar-refractivity contribution in [3.05, 3.63) is 87.6 Å². The number of carbonyl (C=O) groups is 1. The molecule has 142 valence electrons. The number of thiazole rings is 1. The number of carbonyl (C=O) groups excluding carboxylic acids is 1. The van der Waals surface area contributed by atoms with Gasteiger partial charge in [-0.2, -0.15) is 0 Å². The van der Waals surface area contributed by atoms with Crippen LogP contribution in [0.25, 0.3) is 10.2 Å². The van der Waals surface area contributed by atoms with E-state index in [1.165, 1.54) is 4.70 Å². The maximum Gasteiger partial charge on any atom is 0.275 e. The van der Waals surface area contributed by atoms with Gasteiger partial charge in [0.25, 0.3) is 5.91 Å². The van der Waals surface area contributed by atoms with Crippen LogP contribution in [0, 0.1) is 0 Å². The fraction of sp³-hybridized carbons (Fsp3) is 0.182. The Bertz CT molecular complexity index is 1010. The van der Waals surface area contributed by atoms with E-state index in [1.807, 2.05) is 54.9 Å². The van der Waals surface area contributed by atoms with Gasteiger partial charge in [-0.05, 0) is 29.1 Å². The molecular weight excluding hydrogens is 386 g/mol. The lowest BCUT2D eigenvalue weighted by atomic mass is 10.1. The molecule has 4 nitrogen and oxygen atoms in total. The Labute approximate surface area is 172 Å². The molecule has 2 atom stereocenters. The predicted molar refractivity (Wildman–Crippen MR) is 116 cm³/mol. The van der Waals surface area contributed by atoms with Crippen molar-refractivity contribution in [2.45, 2.75) is 12.6 Å². The summed E-state index contributed by atoms with van der Waals surface area (Å²) in [5.74, 6) is 0.0425. The van der Waals surface area contributed by atoms with Crippen molar-refractivity contribution in [1.29, 1.82) is 0 Å². The highest BCUT2D eigenvalue weighted by Crippen LogP contribution is 2.25. The van der Waals surface area contributed by atoms with Gasteiger partial charge in [0.1, 0.15) is 11.6 Å². The van der Waals surface area contributed by atoms with E-state index in [-0.39, 0.29) is 11.9 Å². The van der Waals surface area contributed by atoms with E-state index < -0.39 is 0 Å². The normalized spacial score (nSPS) is 13.3. The van der Waals surface area contributed by atoms with Crippen LogP contribution in [0.1, 0.15) is 21.5 Å². The zero-order valence-corrected chi connectivity index (χ0v) is 17.2. The summed E-state index contributed by atoms with van der Waals surface area (Å²) in [6, 6.07) is 22.3. The summed E-state index contributed by atoms with van der Waals surface area (Å²) in [5.41, 5.74) is 2.13. The molecule has 0 aliphatic heterocycles. The Hall–Kier alpha value is -2.54. The molecule has 28 heavy (non-hydrogen) atoms. The van der Waals surface area contributed by atoms with Crippen molar-refractivity contribution in [1.82, 2.24) is 10.3 Å². The number of amides is 1. The van der Waals surface area contributed by atoms with Crippen LogP contribution in [0.4, 0.5) is 0 Å². The standard InChI is InChI=1S/C22H21N3OS2/c1-25(15-21-23-17-10-5-6-11-18(17)28-21)14-20(26)24-22(19-12-7-13-27-19)16-8-3-2-4-9-16/h2-13,22H,14-15H2,1H3,(H,24,26)/p+1/t22-/m0/s1. The third kappa shape index (κ3) is 4.47. The van der Waals surface area contributed by atoms with Crippen LogP contribution in [0.2, 0.25) is 0 Å². The van der Waals surface area contributed by atoms with E-state index in [0.717, 1.165) is 32.4 Å². The number of thiophene rings is 1. The summed E-state index contributed by atoms with van der Waals surface area (Å²) in [5, 5.41) is 6.32. The molecule has 6 heteroatoms. The van der Waals surface area contributed by atoms with Crippen LogP contribution in [0.3, 0.4) is 0 Å². The maximum atomic E-state index is 12.8. The smallest absolute Gasteiger partial charge is 0.275 e. The number of para-hydroxylation sites is 1. The van der Waals surface area contributed by atoms with E-state index in [4.69, 9.17) is 0 Å². The van der Waals surface area contributed by atoms with Crippen molar-refractivity contribution >= 4 is 38.8 Å². The van der Waals surface area contributed by atoms with E-state index in [2.05, 4.69) is 34.6 Å². The summed E-state index contributed by atoms with van der Waals surface area (Å²) in [6.45, 7) is 1.15. The van der Waals surface area contributed by atoms with Gasteiger partial charge in [-0.3, -0.25) is 4.79 Å². The number of aromatic nitrogens is 1. The maximum absolute atomic E-state index is 12.8. The van der Waals surface area contributed by atoms with E-state index in [1.54, 1.807) is 22.7 Å². The molecule has 0 spiro atoms. The second-order valence-electron chi connectivity index (χ2n) is 6.81. The van der Waals surface area contributed by atoms with Gasteiger partial charge in [-0.1, -0.05) is 48.5 Å². The molecule has 2 N–H and O–H groups in total. The first-order valence-corrected chi connectivity index (χ1v) is 10.9. The van der Waals surface area contributed by atoms with Crippen LogP contribution >= 0.6 is 22.7 Å². The minimum Gasteiger partial charge on any atom is -0.339 e. The first kappa shape index (κ1) is 18.8. The van der Waals surface area contributed by atoms with Gasteiger partial charge in [0, 0.05) is 4.88 Å². The fourth-order valence-electron chi connectivity index (χ4n) is 3.22. The quantitative estimate of drug-likeness (QED) is 0.493. The van der Waals surface area contributed by atoms with E-state index in [0.29, 0.717) is 6.54 Å². The SMILES string of the molecule is C[NH+](CC(=O)N[C@@H](c1ccccc1)c1cccs1)Cc1nc2ccccc2s1. The number of fused-ring (bicyclic) bond motifs is 1. The number of hydrogen-bond donors (Lipinski definition) is 2. The van der Waals surface area contributed by atoms with Gasteiger partial charge in [0.05, 0.1) is 23.3 Å². The summed E-state index contributed by atoms with van der Waals surface area (Å²) in [4.78, 5) is 19.7. The van der Waals surface area contributed by atoms with Crippen LogP contribution in [0.5, 0.6) is 0 Å². The first-order chi connectivity index (χ1) is 13.7. The van der Waals surface area contributed by atoms with Crippen molar-refractivity contribution < 1.29 is 9.69 Å². The molecule has 0 radical (unpaired) electrons. The number of rotatable bonds is 7. The third-order valence-corrected chi connectivity index (χ3v) is 6.49. The molecule has 2 heterocycles. The number of likely N-dealkylation sites (N-methyl/N-ethyl adjacent to an activating group) is 1. The van der Waals surface area contributed by atoms with Gasteiger partial charge in [-0.25, -0.2) is 4.98 Å². The Kier molecular flexibility index (Phi) is 5.81. The molecule has 0 saturated heterocycles. The van der Waals surface area contributed by atoms with Crippen molar-refractivity contribution in [3.63, 3.8) is 0 Å². The minimum absolute atomic E-state index is 0.0425. The van der Waals surface area contributed by atoms with Crippen LogP contribution in [-0.2, 0) is 11.3 Å². The molecule has 4 aromatic rings. The molecule has 0 bridgehead atoms. The monoisotopic (exact) mass is 408 g/mol. The molecule has 2 aromatic carbocycles. The molecular formula is C22H22N3OS2+. The summed E-state index contributed by atoms with van der Waals surface area (Å²) in [6.07, 6.45) is 0.